The molecule has 1 aromatic carbocycles. The molecule has 2 heterocycles. The van der Waals surface area contributed by atoms with E-state index < -0.39 is 0 Å². The Morgan fingerprint density at radius 2 is 2.21 bits per heavy atom. The fourth-order valence-corrected chi connectivity index (χ4v) is 3.45. The molecule has 0 radical (unpaired) electrons. The van der Waals surface area contributed by atoms with E-state index in [1.165, 1.54) is 0 Å². The van der Waals surface area contributed by atoms with Crippen LogP contribution in [0.2, 0.25) is 0 Å². The first kappa shape index (κ1) is 17.0. The van der Waals surface area contributed by atoms with Crippen LogP contribution in [-0.4, -0.2) is 28.4 Å². The van der Waals surface area contributed by atoms with Gasteiger partial charge in [0.2, 0.25) is 0 Å². The van der Waals surface area contributed by atoms with E-state index in [1.54, 1.807) is 18.9 Å². The normalized spacial score (nSPS) is 15.6. The minimum atomic E-state index is -0.201. The van der Waals surface area contributed by atoms with Gasteiger partial charge in [0.05, 0.1) is 25.0 Å². The van der Waals surface area contributed by atoms with Crippen LogP contribution in [0.5, 0.6) is 5.75 Å². The number of ether oxygens (including phenoxy) is 2. The van der Waals surface area contributed by atoms with Crippen molar-refractivity contribution < 1.29 is 9.47 Å². The van der Waals surface area contributed by atoms with Gasteiger partial charge in [-0.1, -0.05) is 18.2 Å². The molecule has 3 rings (SSSR count). The third-order valence-corrected chi connectivity index (χ3v) is 4.93. The van der Waals surface area contributed by atoms with E-state index in [4.69, 9.17) is 19.4 Å². The number of hydrogen-bond acceptors (Lipinski definition) is 5. The maximum absolute atomic E-state index is 5.96. The summed E-state index contributed by atoms with van der Waals surface area (Å²) in [5.41, 5.74) is 2.94. The van der Waals surface area contributed by atoms with Crippen molar-refractivity contribution in [3.8, 4) is 17.1 Å². The molecule has 5 heteroatoms. The minimum absolute atomic E-state index is 0.201. The molecule has 0 aliphatic carbocycles. The lowest BCUT2D eigenvalue weighted by Crippen LogP contribution is -2.33. The lowest BCUT2D eigenvalue weighted by atomic mass is 9.96. The van der Waals surface area contributed by atoms with Crippen LogP contribution in [0.1, 0.15) is 25.1 Å². The second-order valence-corrected chi connectivity index (χ2v) is 7.34. The Bertz CT molecular complexity index is 759. The topological polar surface area (TPSA) is 44.2 Å². The molecule has 0 fully saturated rings. The molecule has 4 nitrogen and oxygen atoms in total. The molecule has 1 aliphatic heterocycles. The van der Waals surface area contributed by atoms with Gasteiger partial charge in [-0.25, -0.2) is 9.97 Å². The van der Waals surface area contributed by atoms with Crippen molar-refractivity contribution in [1.29, 1.82) is 0 Å². The Hall–Kier alpha value is -1.85. The molecule has 24 heavy (non-hydrogen) atoms. The fraction of sp³-hybridized carbons (Fsp3) is 0.368. The molecule has 2 aromatic rings. The summed E-state index contributed by atoms with van der Waals surface area (Å²) >= 11 is 1.67. The highest BCUT2D eigenvalue weighted by atomic mass is 32.2. The van der Waals surface area contributed by atoms with E-state index in [0.29, 0.717) is 6.61 Å². The van der Waals surface area contributed by atoms with E-state index in [-0.39, 0.29) is 5.60 Å². The van der Waals surface area contributed by atoms with Crippen LogP contribution in [0.15, 0.2) is 41.9 Å². The standard InChI is InChI=1S/C19H22N2O2S/c1-5-9-24-18-15-12-23-19(2,3)11-16(15)20-17(21-18)13-7-6-8-14(10-13)22-4/h5-8,10H,1,9,11-12H2,2-4H3. The Labute approximate surface area is 147 Å². The molecule has 0 unspecified atom stereocenters. The van der Waals surface area contributed by atoms with Crippen molar-refractivity contribution in [3.63, 3.8) is 0 Å². The molecule has 0 saturated heterocycles. The zero-order chi connectivity index (χ0) is 17.2. The van der Waals surface area contributed by atoms with E-state index in [9.17, 15) is 0 Å². The number of fused-ring (bicyclic) bond motifs is 1. The van der Waals surface area contributed by atoms with Gasteiger partial charge in [-0.15, -0.1) is 18.3 Å². The quantitative estimate of drug-likeness (QED) is 0.461. The zero-order valence-electron chi connectivity index (χ0n) is 14.3. The first-order chi connectivity index (χ1) is 11.5. The summed E-state index contributed by atoms with van der Waals surface area (Å²) in [6, 6.07) is 7.86. The lowest BCUT2D eigenvalue weighted by Gasteiger charge is -2.32. The molecular formula is C19H22N2O2S. The molecule has 0 spiro atoms. The van der Waals surface area contributed by atoms with Crippen LogP contribution in [0.25, 0.3) is 11.4 Å². The highest BCUT2D eigenvalue weighted by Crippen LogP contribution is 2.34. The van der Waals surface area contributed by atoms with Gasteiger partial charge in [0, 0.05) is 23.3 Å². The third kappa shape index (κ3) is 3.62. The lowest BCUT2D eigenvalue weighted by molar-refractivity contribution is -0.0428. The van der Waals surface area contributed by atoms with Gasteiger partial charge in [0.25, 0.3) is 0 Å². The van der Waals surface area contributed by atoms with Gasteiger partial charge in [0.1, 0.15) is 10.8 Å². The molecule has 0 atom stereocenters. The van der Waals surface area contributed by atoms with Gasteiger partial charge in [-0.2, -0.15) is 0 Å². The second-order valence-electron chi connectivity index (χ2n) is 6.33. The van der Waals surface area contributed by atoms with Gasteiger partial charge < -0.3 is 9.47 Å². The summed E-state index contributed by atoms with van der Waals surface area (Å²) in [6.07, 6.45) is 2.67. The van der Waals surface area contributed by atoms with E-state index in [1.807, 2.05) is 30.3 Å². The van der Waals surface area contributed by atoms with Crippen LogP contribution >= 0.6 is 11.8 Å². The van der Waals surface area contributed by atoms with Crippen LogP contribution in [0.4, 0.5) is 0 Å². The highest BCUT2D eigenvalue weighted by molar-refractivity contribution is 7.99. The van der Waals surface area contributed by atoms with Gasteiger partial charge >= 0.3 is 0 Å². The van der Waals surface area contributed by atoms with E-state index in [2.05, 4.69) is 20.4 Å². The predicted molar refractivity (Wildman–Crippen MR) is 97.5 cm³/mol. The van der Waals surface area contributed by atoms with Crippen LogP contribution in [-0.2, 0) is 17.8 Å². The van der Waals surface area contributed by atoms with Gasteiger partial charge in [-0.05, 0) is 26.0 Å². The van der Waals surface area contributed by atoms with Crippen molar-refractivity contribution in [1.82, 2.24) is 9.97 Å². The summed E-state index contributed by atoms with van der Waals surface area (Å²) in [5.74, 6) is 2.35. The predicted octanol–water partition coefficient (Wildman–Crippen LogP) is 4.28. The smallest absolute Gasteiger partial charge is 0.160 e. The average Bonchev–Trinajstić information content (AvgIpc) is 2.58. The number of rotatable bonds is 5. The van der Waals surface area contributed by atoms with Gasteiger partial charge in [0.15, 0.2) is 5.82 Å². The van der Waals surface area contributed by atoms with Crippen molar-refractivity contribution in [3.05, 3.63) is 48.2 Å². The summed E-state index contributed by atoms with van der Waals surface area (Å²) < 4.78 is 11.3. The largest absolute Gasteiger partial charge is 0.497 e. The third-order valence-electron chi connectivity index (χ3n) is 3.92. The molecule has 0 bridgehead atoms. The zero-order valence-corrected chi connectivity index (χ0v) is 15.2. The number of hydrogen-bond donors (Lipinski definition) is 0. The summed E-state index contributed by atoms with van der Waals surface area (Å²) in [6.45, 7) is 8.55. The Balaban J connectivity index is 2.08. The Morgan fingerprint density at radius 3 is 2.96 bits per heavy atom. The Morgan fingerprint density at radius 1 is 1.38 bits per heavy atom. The van der Waals surface area contributed by atoms with E-state index in [0.717, 1.165) is 45.6 Å². The van der Waals surface area contributed by atoms with Crippen molar-refractivity contribution in [2.24, 2.45) is 0 Å². The molecule has 0 amide bonds. The second kappa shape index (κ2) is 6.95. The first-order valence-corrected chi connectivity index (χ1v) is 8.93. The molecule has 0 N–H and O–H groups in total. The molecule has 1 aliphatic rings. The number of thioether (sulfide) groups is 1. The number of aromatic nitrogens is 2. The summed E-state index contributed by atoms with van der Waals surface area (Å²) in [7, 11) is 1.66. The molecule has 1 aromatic heterocycles. The SMILES string of the molecule is C=CCSc1nc(-c2cccc(OC)c2)nc2c1COC(C)(C)C2. The minimum Gasteiger partial charge on any atom is -0.497 e. The van der Waals surface area contributed by atoms with Crippen molar-refractivity contribution in [2.45, 2.75) is 37.5 Å². The molecule has 0 saturated carbocycles. The molecular weight excluding hydrogens is 320 g/mol. The van der Waals surface area contributed by atoms with Crippen LogP contribution in [0.3, 0.4) is 0 Å². The summed E-state index contributed by atoms with van der Waals surface area (Å²) in [4.78, 5) is 9.62. The van der Waals surface area contributed by atoms with E-state index >= 15 is 0 Å². The summed E-state index contributed by atoms with van der Waals surface area (Å²) in [5, 5.41) is 0.980. The first-order valence-electron chi connectivity index (χ1n) is 7.94. The number of benzene rings is 1. The monoisotopic (exact) mass is 342 g/mol. The number of methoxy groups -OCH3 is 1. The van der Waals surface area contributed by atoms with Gasteiger partial charge in [-0.3, -0.25) is 0 Å². The van der Waals surface area contributed by atoms with Crippen molar-refractivity contribution >= 4 is 11.8 Å². The number of nitrogens with zero attached hydrogens (tertiary/aromatic N) is 2. The fourth-order valence-electron chi connectivity index (χ4n) is 2.67. The van der Waals surface area contributed by atoms with Crippen LogP contribution in [0, 0.1) is 0 Å². The molecule has 126 valence electrons. The Kier molecular flexibility index (Phi) is 4.92. The highest BCUT2D eigenvalue weighted by Gasteiger charge is 2.30. The maximum atomic E-state index is 5.96. The van der Waals surface area contributed by atoms with Crippen molar-refractivity contribution in [2.75, 3.05) is 12.9 Å². The average molecular weight is 342 g/mol. The van der Waals surface area contributed by atoms with Crippen LogP contribution < -0.4 is 4.74 Å². The maximum Gasteiger partial charge on any atom is 0.160 e.